The number of hydrogen-bond acceptors (Lipinski definition) is 14. The monoisotopic (exact) mass is 416 g/mol. The van der Waals surface area contributed by atoms with Gasteiger partial charge in [0, 0.05) is 6.07 Å². The van der Waals surface area contributed by atoms with E-state index in [0.29, 0.717) is 0 Å². The van der Waals surface area contributed by atoms with E-state index in [1.54, 1.807) is 6.07 Å². The number of nitrogens with two attached hydrogens (primary N) is 2. The highest BCUT2D eigenvalue weighted by Gasteiger charge is 2.19. The first-order valence-corrected chi connectivity index (χ1v) is 7.86. The minimum atomic E-state index is -0.697. The van der Waals surface area contributed by atoms with Crippen LogP contribution in [0, 0.1) is 10.1 Å². The number of benzene rings is 1. The number of nitrogens with one attached hydrogen (secondary N) is 1. The zero-order valence-corrected chi connectivity index (χ0v) is 14.8. The zero-order chi connectivity index (χ0) is 21.5. The van der Waals surface area contributed by atoms with Crippen LogP contribution in [0.25, 0.3) is 0 Å². The number of nitrogens with zero attached hydrogens (tertiary/aromatic N) is 9. The zero-order valence-electron chi connectivity index (χ0n) is 14.8. The Morgan fingerprint density at radius 3 is 2.60 bits per heavy atom. The predicted molar refractivity (Wildman–Crippen MR) is 98.1 cm³/mol. The standard InChI is InChI=1S/C13H12N12O5/c14-10-12(21-29-19-10)18-23-24(13-11(15)20-30-22-13)6-9(26)17-16-5-7-3-1-2-4-8(7)25(27)28/h1-5H,6H2,(H2,14,19)(H2,15,20)(H,17,26)/b16-5-,23-18?. The summed E-state index contributed by atoms with van der Waals surface area (Å²) >= 11 is 0. The fourth-order valence-corrected chi connectivity index (χ4v) is 1.98. The molecule has 0 fully saturated rings. The maximum absolute atomic E-state index is 12.2. The number of anilines is 3. The first-order chi connectivity index (χ1) is 14.5. The summed E-state index contributed by atoms with van der Waals surface area (Å²) in [5, 5.41) is 36.7. The number of nitro groups is 1. The summed E-state index contributed by atoms with van der Waals surface area (Å²) in [6, 6.07) is 5.86. The van der Waals surface area contributed by atoms with Gasteiger partial charge in [0.15, 0.2) is 0 Å². The van der Waals surface area contributed by atoms with Crippen LogP contribution in [-0.2, 0) is 4.79 Å². The number of hydrazone groups is 1. The first kappa shape index (κ1) is 19.8. The molecule has 0 aliphatic rings. The molecular formula is C13H12N12O5. The van der Waals surface area contributed by atoms with E-state index in [0.717, 1.165) is 11.2 Å². The minimum absolute atomic E-state index is 0.119. The summed E-state index contributed by atoms with van der Waals surface area (Å²) in [5.74, 6) is -1.27. The molecule has 0 bridgehead atoms. The topological polar surface area (TPSA) is 242 Å². The van der Waals surface area contributed by atoms with Gasteiger partial charge in [0.05, 0.1) is 16.7 Å². The van der Waals surface area contributed by atoms with Gasteiger partial charge in [0.25, 0.3) is 17.4 Å². The summed E-state index contributed by atoms with van der Waals surface area (Å²) < 4.78 is 8.86. The Morgan fingerprint density at radius 2 is 1.93 bits per heavy atom. The van der Waals surface area contributed by atoms with Crippen LogP contribution < -0.4 is 21.9 Å². The Morgan fingerprint density at radius 1 is 1.20 bits per heavy atom. The van der Waals surface area contributed by atoms with Crippen molar-refractivity contribution in [1.29, 1.82) is 0 Å². The van der Waals surface area contributed by atoms with Gasteiger partial charge in [-0.1, -0.05) is 17.4 Å². The third-order valence-electron chi connectivity index (χ3n) is 3.30. The number of carbonyl (C=O) groups excluding carboxylic acids is 1. The van der Waals surface area contributed by atoms with Crippen LogP contribution in [0.1, 0.15) is 5.56 Å². The molecule has 3 aromatic rings. The van der Waals surface area contributed by atoms with Crippen LogP contribution >= 0.6 is 0 Å². The van der Waals surface area contributed by atoms with Crippen molar-refractivity contribution in [2.75, 3.05) is 23.0 Å². The molecule has 154 valence electrons. The molecule has 0 aliphatic heterocycles. The number of para-hydroxylation sites is 1. The van der Waals surface area contributed by atoms with Crippen molar-refractivity contribution >= 4 is 41.1 Å². The van der Waals surface area contributed by atoms with E-state index < -0.39 is 17.4 Å². The molecule has 0 radical (unpaired) electrons. The second-order valence-corrected chi connectivity index (χ2v) is 5.30. The van der Waals surface area contributed by atoms with Gasteiger partial charge in [-0.05, 0) is 26.7 Å². The quantitative estimate of drug-likeness (QED) is 0.193. The lowest BCUT2D eigenvalue weighted by Crippen LogP contribution is -2.32. The SMILES string of the molecule is Nc1nonc1N=NN(CC(=O)N/N=C\c1ccccc1[N+](=O)[O-])c1nonc1N. The van der Waals surface area contributed by atoms with Crippen LogP contribution in [-0.4, -0.2) is 44.2 Å². The second-order valence-electron chi connectivity index (χ2n) is 5.30. The summed E-state index contributed by atoms with van der Waals surface area (Å²) in [4.78, 5) is 22.6. The van der Waals surface area contributed by atoms with Crippen molar-refractivity contribution in [3.05, 3.63) is 39.9 Å². The van der Waals surface area contributed by atoms with Gasteiger partial charge < -0.3 is 11.5 Å². The average Bonchev–Trinajstić information content (AvgIpc) is 3.33. The Kier molecular flexibility index (Phi) is 5.82. The van der Waals surface area contributed by atoms with Gasteiger partial charge in [-0.2, -0.15) is 5.10 Å². The van der Waals surface area contributed by atoms with Gasteiger partial charge in [-0.15, -0.1) is 5.11 Å². The molecule has 1 amide bonds. The van der Waals surface area contributed by atoms with Gasteiger partial charge in [-0.3, -0.25) is 14.9 Å². The Labute approximate surface area is 165 Å². The largest absolute Gasteiger partial charge is 0.378 e. The summed E-state index contributed by atoms with van der Waals surface area (Å²) in [6.07, 6.45) is 1.12. The Hall–Kier alpha value is -4.96. The fraction of sp³-hybridized carbons (Fsp3) is 0.0769. The molecule has 0 saturated carbocycles. The van der Waals surface area contributed by atoms with Gasteiger partial charge in [-0.25, -0.2) is 19.7 Å². The molecule has 17 heteroatoms. The molecule has 0 atom stereocenters. The van der Waals surface area contributed by atoms with Crippen molar-refractivity contribution in [1.82, 2.24) is 26.1 Å². The van der Waals surface area contributed by atoms with E-state index in [9.17, 15) is 14.9 Å². The Bertz CT molecular complexity index is 1110. The molecule has 5 N–H and O–H groups in total. The maximum atomic E-state index is 12.2. The number of aromatic nitrogens is 4. The van der Waals surface area contributed by atoms with Gasteiger partial charge in [0.2, 0.25) is 17.5 Å². The molecule has 1 aromatic carbocycles. The number of nitrogen functional groups attached to an aromatic ring is 2. The molecule has 0 spiro atoms. The highest BCUT2D eigenvalue weighted by Crippen LogP contribution is 2.21. The molecule has 0 aliphatic carbocycles. The number of hydrogen-bond donors (Lipinski definition) is 3. The van der Waals surface area contributed by atoms with E-state index in [1.807, 2.05) is 0 Å². The van der Waals surface area contributed by atoms with Crippen LogP contribution in [0.5, 0.6) is 0 Å². The summed E-state index contributed by atoms with van der Waals surface area (Å²) in [5.41, 5.74) is 13.3. The first-order valence-electron chi connectivity index (χ1n) is 7.86. The van der Waals surface area contributed by atoms with Crippen LogP contribution in [0.15, 0.2) is 49.0 Å². The predicted octanol–water partition coefficient (Wildman–Crippen LogP) is 0.181. The van der Waals surface area contributed by atoms with E-state index in [-0.39, 0.29) is 34.5 Å². The van der Waals surface area contributed by atoms with Crippen molar-refractivity contribution < 1.29 is 19.0 Å². The number of amides is 1. The third kappa shape index (κ3) is 4.65. The normalized spacial score (nSPS) is 11.2. The molecule has 0 saturated heterocycles. The Balaban J connectivity index is 1.71. The van der Waals surface area contributed by atoms with Crippen LogP contribution in [0.3, 0.4) is 0 Å². The molecule has 2 heterocycles. The molecular weight excluding hydrogens is 404 g/mol. The smallest absolute Gasteiger partial charge is 0.278 e. The lowest BCUT2D eigenvalue weighted by atomic mass is 10.2. The molecule has 3 rings (SSSR count). The summed E-state index contributed by atoms with van der Waals surface area (Å²) in [6.45, 7) is -0.485. The van der Waals surface area contributed by atoms with E-state index in [4.69, 9.17) is 11.5 Å². The highest BCUT2D eigenvalue weighted by atomic mass is 16.6. The molecule has 2 aromatic heterocycles. The second kappa shape index (κ2) is 8.82. The molecule has 17 nitrogen and oxygen atoms in total. The van der Waals surface area contributed by atoms with Crippen molar-refractivity contribution in [2.45, 2.75) is 0 Å². The lowest BCUT2D eigenvalue weighted by molar-refractivity contribution is -0.385. The maximum Gasteiger partial charge on any atom is 0.278 e. The number of rotatable bonds is 8. The van der Waals surface area contributed by atoms with E-state index in [2.05, 4.69) is 50.7 Å². The van der Waals surface area contributed by atoms with Crippen molar-refractivity contribution in [3.63, 3.8) is 0 Å². The van der Waals surface area contributed by atoms with E-state index in [1.165, 1.54) is 18.2 Å². The van der Waals surface area contributed by atoms with Crippen LogP contribution in [0.2, 0.25) is 0 Å². The lowest BCUT2D eigenvalue weighted by Gasteiger charge is -2.12. The van der Waals surface area contributed by atoms with Gasteiger partial charge in [0.1, 0.15) is 6.54 Å². The van der Waals surface area contributed by atoms with Gasteiger partial charge >= 0.3 is 0 Å². The molecule has 0 unspecified atom stereocenters. The third-order valence-corrected chi connectivity index (χ3v) is 3.30. The minimum Gasteiger partial charge on any atom is -0.378 e. The number of nitro benzene ring substituents is 1. The number of carbonyl (C=O) groups is 1. The van der Waals surface area contributed by atoms with Crippen LogP contribution in [0.4, 0.5) is 29.0 Å². The highest BCUT2D eigenvalue weighted by molar-refractivity contribution is 5.87. The van der Waals surface area contributed by atoms with Crippen molar-refractivity contribution in [3.8, 4) is 0 Å². The van der Waals surface area contributed by atoms with Crippen molar-refractivity contribution in [2.24, 2.45) is 15.4 Å². The fourth-order valence-electron chi connectivity index (χ4n) is 1.98. The average molecular weight is 416 g/mol. The molecule has 30 heavy (non-hydrogen) atoms. The van der Waals surface area contributed by atoms with E-state index >= 15 is 0 Å². The summed E-state index contributed by atoms with van der Waals surface area (Å²) in [7, 11) is 0.